The van der Waals surface area contributed by atoms with Crippen LogP contribution in [0.5, 0.6) is 0 Å². The van der Waals surface area contributed by atoms with Crippen LogP contribution in [0.25, 0.3) is 0 Å². The molecule has 3 heterocycles. The predicted molar refractivity (Wildman–Crippen MR) is 85.8 cm³/mol. The van der Waals surface area contributed by atoms with Crippen LogP contribution < -0.4 is 0 Å². The van der Waals surface area contributed by atoms with Crippen molar-refractivity contribution in [2.24, 2.45) is 0 Å². The van der Waals surface area contributed by atoms with Crippen molar-refractivity contribution < 1.29 is 9.21 Å². The minimum atomic E-state index is 0.0485. The molecule has 0 bridgehead atoms. The van der Waals surface area contributed by atoms with Crippen molar-refractivity contribution in [3.63, 3.8) is 0 Å². The van der Waals surface area contributed by atoms with E-state index in [1.807, 2.05) is 28.8 Å². The van der Waals surface area contributed by atoms with Gasteiger partial charge in [-0.2, -0.15) is 11.8 Å². The summed E-state index contributed by atoms with van der Waals surface area (Å²) in [7, 11) is 0. The van der Waals surface area contributed by atoms with E-state index in [2.05, 4.69) is 11.8 Å². The van der Waals surface area contributed by atoms with Gasteiger partial charge in [-0.3, -0.25) is 9.69 Å². The number of thioether (sulfide) groups is 1. The van der Waals surface area contributed by atoms with Crippen LogP contribution in [-0.4, -0.2) is 53.4 Å². The smallest absolute Gasteiger partial charge is 0.289 e. The molecule has 0 saturated carbocycles. The highest BCUT2D eigenvalue weighted by atomic mass is 32.2. The van der Waals surface area contributed by atoms with E-state index in [0.717, 1.165) is 43.4 Å². The zero-order chi connectivity index (χ0) is 14.7. The number of piperidine rings is 1. The average Bonchev–Trinajstić information content (AvgIpc) is 3.05. The van der Waals surface area contributed by atoms with E-state index in [0.29, 0.717) is 5.76 Å². The lowest BCUT2D eigenvalue weighted by Gasteiger charge is -2.31. The van der Waals surface area contributed by atoms with Crippen LogP contribution >= 0.6 is 11.8 Å². The summed E-state index contributed by atoms with van der Waals surface area (Å²) in [6.45, 7) is 6.11. The number of likely N-dealkylation sites (tertiary alicyclic amines) is 1. The third-order valence-corrected chi connectivity index (χ3v) is 5.43. The van der Waals surface area contributed by atoms with Gasteiger partial charge in [0.15, 0.2) is 5.76 Å². The van der Waals surface area contributed by atoms with Crippen LogP contribution in [0.15, 0.2) is 16.5 Å². The van der Waals surface area contributed by atoms with E-state index in [1.54, 1.807) is 0 Å². The zero-order valence-corrected chi connectivity index (χ0v) is 13.5. The topological polar surface area (TPSA) is 36.7 Å². The van der Waals surface area contributed by atoms with Crippen molar-refractivity contribution in [1.82, 2.24) is 9.80 Å². The molecule has 0 spiro atoms. The first-order valence-corrected chi connectivity index (χ1v) is 9.12. The van der Waals surface area contributed by atoms with Crippen molar-refractivity contribution >= 4 is 17.7 Å². The number of hydrogen-bond acceptors (Lipinski definition) is 4. The van der Waals surface area contributed by atoms with Crippen molar-refractivity contribution in [1.29, 1.82) is 0 Å². The molecule has 0 N–H and O–H groups in total. The molecule has 1 aromatic rings. The quantitative estimate of drug-likeness (QED) is 0.860. The highest BCUT2D eigenvalue weighted by molar-refractivity contribution is 7.99. The summed E-state index contributed by atoms with van der Waals surface area (Å²) < 4.78 is 5.87. The van der Waals surface area contributed by atoms with Crippen LogP contribution in [0.1, 0.15) is 48.5 Å². The van der Waals surface area contributed by atoms with Gasteiger partial charge in [-0.05, 0) is 45.0 Å². The summed E-state index contributed by atoms with van der Waals surface area (Å²) in [4.78, 5) is 16.8. The molecule has 1 atom stereocenters. The highest BCUT2D eigenvalue weighted by Crippen LogP contribution is 2.26. The lowest BCUT2D eigenvalue weighted by atomic mass is 10.1. The largest absolute Gasteiger partial charge is 0.454 e. The molecule has 1 unspecified atom stereocenters. The van der Waals surface area contributed by atoms with E-state index in [4.69, 9.17) is 4.42 Å². The molecule has 2 saturated heterocycles. The Kier molecular flexibility index (Phi) is 4.91. The summed E-state index contributed by atoms with van der Waals surface area (Å²) in [6, 6.07) is 4.09. The number of carbonyl (C=O) groups excluding carboxylic acids is 1. The summed E-state index contributed by atoms with van der Waals surface area (Å²) in [5.74, 6) is 3.53. The third kappa shape index (κ3) is 3.46. The molecule has 0 aromatic carbocycles. The molecular weight excluding hydrogens is 284 g/mol. The number of amides is 1. The SMILES string of the molecule is CC(c1ccc(C(=O)N2CCSCC2)o1)N1CCCCC1. The van der Waals surface area contributed by atoms with E-state index >= 15 is 0 Å². The fraction of sp³-hybridized carbons (Fsp3) is 0.688. The minimum Gasteiger partial charge on any atom is -0.454 e. The Balaban J connectivity index is 1.65. The van der Waals surface area contributed by atoms with Gasteiger partial charge in [0.1, 0.15) is 5.76 Å². The Labute approximate surface area is 130 Å². The van der Waals surface area contributed by atoms with E-state index in [-0.39, 0.29) is 11.9 Å². The summed E-state index contributed by atoms with van der Waals surface area (Å²) >= 11 is 1.91. The van der Waals surface area contributed by atoms with Crippen molar-refractivity contribution in [2.75, 3.05) is 37.7 Å². The maximum atomic E-state index is 12.4. The van der Waals surface area contributed by atoms with Gasteiger partial charge in [-0.15, -0.1) is 0 Å². The summed E-state index contributed by atoms with van der Waals surface area (Å²) in [5, 5.41) is 0. The molecule has 2 aliphatic heterocycles. The molecule has 0 aliphatic carbocycles. The highest BCUT2D eigenvalue weighted by Gasteiger charge is 2.24. The molecule has 116 valence electrons. The molecule has 1 amide bonds. The summed E-state index contributed by atoms with van der Waals surface area (Å²) in [5.41, 5.74) is 0. The number of furan rings is 1. The number of rotatable bonds is 3. The fourth-order valence-corrected chi connectivity index (χ4v) is 4.00. The van der Waals surface area contributed by atoms with Gasteiger partial charge in [0.25, 0.3) is 5.91 Å². The van der Waals surface area contributed by atoms with Crippen molar-refractivity contribution in [2.45, 2.75) is 32.2 Å². The Morgan fingerprint density at radius 3 is 2.57 bits per heavy atom. The van der Waals surface area contributed by atoms with E-state index < -0.39 is 0 Å². The van der Waals surface area contributed by atoms with Crippen molar-refractivity contribution in [3.05, 3.63) is 23.7 Å². The van der Waals surface area contributed by atoms with Crippen LogP contribution in [0.2, 0.25) is 0 Å². The van der Waals surface area contributed by atoms with Crippen LogP contribution in [0.3, 0.4) is 0 Å². The first kappa shape index (κ1) is 15.0. The Morgan fingerprint density at radius 1 is 1.14 bits per heavy atom. The third-order valence-electron chi connectivity index (χ3n) is 4.49. The average molecular weight is 308 g/mol. The van der Waals surface area contributed by atoms with Gasteiger partial charge < -0.3 is 9.32 Å². The molecule has 2 aliphatic rings. The van der Waals surface area contributed by atoms with Crippen LogP contribution in [0.4, 0.5) is 0 Å². The molecule has 4 nitrogen and oxygen atoms in total. The lowest BCUT2D eigenvalue weighted by Crippen LogP contribution is -2.37. The van der Waals surface area contributed by atoms with Gasteiger partial charge in [0.05, 0.1) is 6.04 Å². The van der Waals surface area contributed by atoms with Crippen LogP contribution in [-0.2, 0) is 0 Å². The molecule has 0 radical (unpaired) electrons. The molecule has 5 heteroatoms. The van der Waals surface area contributed by atoms with E-state index in [1.165, 1.54) is 19.3 Å². The van der Waals surface area contributed by atoms with Crippen molar-refractivity contribution in [3.8, 4) is 0 Å². The first-order valence-electron chi connectivity index (χ1n) is 7.96. The molecule has 2 fully saturated rings. The molecule has 1 aromatic heterocycles. The maximum Gasteiger partial charge on any atom is 0.289 e. The van der Waals surface area contributed by atoms with Gasteiger partial charge >= 0.3 is 0 Å². The molecule has 3 rings (SSSR count). The second-order valence-electron chi connectivity index (χ2n) is 5.88. The summed E-state index contributed by atoms with van der Waals surface area (Å²) in [6.07, 6.45) is 3.86. The fourth-order valence-electron chi connectivity index (χ4n) is 3.10. The normalized spacial score (nSPS) is 22.2. The number of nitrogens with zero attached hydrogens (tertiary/aromatic N) is 2. The molecular formula is C16H24N2O2S. The Bertz CT molecular complexity index is 476. The maximum absolute atomic E-state index is 12.4. The van der Waals surface area contributed by atoms with Gasteiger partial charge in [0.2, 0.25) is 0 Å². The monoisotopic (exact) mass is 308 g/mol. The number of carbonyl (C=O) groups is 1. The second-order valence-corrected chi connectivity index (χ2v) is 7.10. The first-order chi connectivity index (χ1) is 10.3. The Hall–Kier alpha value is -0.940. The number of hydrogen-bond donors (Lipinski definition) is 0. The zero-order valence-electron chi connectivity index (χ0n) is 12.7. The van der Waals surface area contributed by atoms with Gasteiger partial charge in [-0.1, -0.05) is 6.42 Å². The van der Waals surface area contributed by atoms with Gasteiger partial charge in [-0.25, -0.2) is 0 Å². The predicted octanol–water partition coefficient (Wildman–Crippen LogP) is 3.02. The Morgan fingerprint density at radius 2 is 1.86 bits per heavy atom. The lowest BCUT2D eigenvalue weighted by molar-refractivity contribution is 0.0732. The molecule has 21 heavy (non-hydrogen) atoms. The van der Waals surface area contributed by atoms with Crippen LogP contribution in [0, 0.1) is 0 Å². The van der Waals surface area contributed by atoms with E-state index in [9.17, 15) is 4.79 Å². The minimum absolute atomic E-state index is 0.0485. The van der Waals surface area contributed by atoms with Gasteiger partial charge in [0, 0.05) is 24.6 Å². The standard InChI is InChI=1S/C16H24N2O2S/c1-13(17-7-3-2-4-8-17)14-5-6-15(20-14)16(19)18-9-11-21-12-10-18/h5-6,13H,2-4,7-12H2,1H3. The second kappa shape index (κ2) is 6.88.